The molecule has 0 aliphatic rings. The van der Waals surface area contributed by atoms with Crippen LogP contribution in [0.5, 0.6) is 0 Å². The third-order valence-corrected chi connectivity index (χ3v) is 1.84. The van der Waals surface area contributed by atoms with Crippen molar-refractivity contribution in [1.82, 2.24) is 14.5 Å². The van der Waals surface area contributed by atoms with Gasteiger partial charge in [0.15, 0.2) is 0 Å². The van der Waals surface area contributed by atoms with Crippen LogP contribution in [0.4, 0.5) is 0 Å². The summed E-state index contributed by atoms with van der Waals surface area (Å²) < 4.78 is 2.03. The molecule has 2 heterocycles. The summed E-state index contributed by atoms with van der Waals surface area (Å²) in [5.41, 5.74) is 3.16. The lowest BCUT2D eigenvalue weighted by molar-refractivity contribution is 0.952. The van der Waals surface area contributed by atoms with Crippen molar-refractivity contribution in [2.75, 3.05) is 0 Å². The van der Waals surface area contributed by atoms with Gasteiger partial charge in [-0.3, -0.25) is 0 Å². The Balaban J connectivity index is 2.96. The number of hydrogen-bond acceptors (Lipinski definition) is 2. The molecule has 0 unspecified atom stereocenters. The minimum absolute atomic E-state index is 1.01. The molecule has 0 radical (unpaired) electrons. The smallest absolute Gasteiger partial charge is 0.116 e. The lowest BCUT2D eigenvalue weighted by atomic mass is 10.3. The normalized spacial score (nSPS) is 10.7. The van der Waals surface area contributed by atoms with E-state index in [0.717, 1.165) is 16.7 Å². The van der Waals surface area contributed by atoms with E-state index in [4.69, 9.17) is 0 Å². The Bertz CT molecular complexity index is 389. The highest BCUT2D eigenvalue weighted by atomic mass is 15.0. The Morgan fingerprint density at radius 1 is 1.36 bits per heavy atom. The average molecular weight is 147 g/mol. The van der Waals surface area contributed by atoms with Gasteiger partial charge in [-0.05, 0) is 13.0 Å². The van der Waals surface area contributed by atoms with Gasteiger partial charge >= 0.3 is 0 Å². The highest BCUT2D eigenvalue weighted by molar-refractivity contribution is 5.77. The molecule has 2 aromatic rings. The minimum atomic E-state index is 1.01. The van der Waals surface area contributed by atoms with Crippen molar-refractivity contribution in [3.63, 3.8) is 0 Å². The molecule has 0 aromatic carbocycles. The van der Waals surface area contributed by atoms with Crippen molar-refractivity contribution < 1.29 is 0 Å². The second-order valence-electron chi connectivity index (χ2n) is 2.62. The molecule has 0 aliphatic heterocycles. The lowest BCUT2D eigenvalue weighted by Crippen LogP contribution is -1.90. The van der Waals surface area contributed by atoms with Crippen LogP contribution in [0.2, 0.25) is 0 Å². The minimum Gasteiger partial charge on any atom is -0.348 e. The zero-order chi connectivity index (χ0) is 7.84. The largest absolute Gasteiger partial charge is 0.348 e. The van der Waals surface area contributed by atoms with Crippen molar-refractivity contribution >= 4 is 11.0 Å². The van der Waals surface area contributed by atoms with Crippen LogP contribution in [-0.4, -0.2) is 14.5 Å². The molecule has 0 N–H and O–H groups in total. The van der Waals surface area contributed by atoms with Crippen molar-refractivity contribution in [2.45, 2.75) is 6.92 Å². The number of fused-ring (bicyclic) bond motifs is 1. The van der Waals surface area contributed by atoms with E-state index in [1.165, 1.54) is 0 Å². The van der Waals surface area contributed by atoms with Gasteiger partial charge in [-0.1, -0.05) is 0 Å². The molecule has 0 fully saturated rings. The molecule has 2 rings (SSSR count). The SMILES string of the molecule is Cc1ncnc2ccn(C)c12. The van der Waals surface area contributed by atoms with E-state index in [0.29, 0.717) is 0 Å². The molecular formula is C8H9N3. The van der Waals surface area contributed by atoms with Crippen LogP contribution in [0, 0.1) is 6.92 Å². The van der Waals surface area contributed by atoms with Gasteiger partial charge < -0.3 is 4.57 Å². The van der Waals surface area contributed by atoms with Gasteiger partial charge in [0, 0.05) is 13.2 Å². The topological polar surface area (TPSA) is 30.7 Å². The fraction of sp³-hybridized carbons (Fsp3) is 0.250. The Kier molecular flexibility index (Phi) is 1.18. The summed E-state index contributed by atoms with van der Waals surface area (Å²) in [7, 11) is 2.00. The second-order valence-corrected chi connectivity index (χ2v) is 2.62. The highest BCUT2D eigenvalue weighted by Gasteiger charge is 2.00. The first kappa shape index (κ1) is 6.34. The Morgan fingerprint density at radius 2 is 2.18 bits per heavy atom. The average Bonchev–Trinajstić information content (AvgIpc) is 2.34. The van der Waals surface area contributed by atoms with Gasteiger partial charge in [-0.2, -0.15) is 0 Å². The monoisotopic (exact) mass is 147 g/mol. The highest BCUT2D eigenvalue weighted by Crippen LogP contribution is 2.12. The van der Waals surface area contributed by atoms with Crippen molar-refractivity contribution in [2.24, 2.45) is 7.05 Å². The fourth-order valence-corrected chi connectivity index (χ4v) is 1.30. The van der Waals surface area contributed by atoms with E-state index in [9.17, 15) is 0 Å². The van der Waals surface area contributed by atoms with Crippen LogP contribution >= 0.6 is 0 Å². The maximum atomic E-state index is 4.13. The molecule has 0 spiro atoms. The summed E-state index contributed by atoms with van der Waals surface area (Å²) in [6.07, 6.45) is 3.59. The fourth-order valence-electron chi connectivity index (χ4n) is 1.30. The molecular weight excluding hydrogens is 138 g/mol. The molecule has 0 saturated carbocycles. The second kappa shape index (κ2) is 2.05. The van der Waals surface area contributed by atoms with E-state index < -0.39 is 0 Å². The van der Waals surface area contributed by atoms with Crippen LogP contribution in [0.3, 0.4) is 0 Å². The predicted molar refractivity (Wildman–Crippen MR) is 43.2 cm³/mol. The van der Waals surface area contributed by atoms with Gasteiger partial charge in [0.1, 0.15) is 6.33 Å². The van der Waals surface area contributed by atoms with Crippen LogP contribution < -0.4 is 0 Å². The van der Waals surface area contributed by atoms with Crippen molar-refractivity contribution in [3.8, 4) is 0 Å². The molecule has 3 heteroatoms. The van der Waals surface area contributed by atoms with Crippen LogP contribution in [-0.2, 0) is 7.05 Å². The summed E-state index contributed by atoms with van der Waals surface area (Å²) in [6.45, 7) is 1.99. The third-order valence-electron chi connectivity index (χ3n) is 1.84. The van der Waals surface area contributed by atoms with Crippen LogP contribution in [0.25, 0.3) is 11.0 Å². The Hall–Kier alpha value is -1.38. The van der Waals surface area contributed by atoms with Crippen molar-refractivity contribution in [3.05, 3.63) is 24.3 Å². The number of nitrogens with zero attached hydrogens (tertiary/aromatic N) is 3. The molecule has 56 valence electrons. The molecule has 11 heavy (non-hydrogen) atoms. The summed E-state index contributed by atoms with van der Waals surface area (Å²) in [5, 5.41) is 0. The molecule has 0 amide bonds. The van der Waals surface area contributed by atoms with Crippen molar-refractivity contribution in [1.29, 1.82) is 0 Å². The summed E-state index contributed by atoms with van der Waals surface area (Å²) in [5.74, 6) is 0. The number of rotatable bonds is 0. The van der Waals surface area contributed by atoms with Crippen LogP contribution in [0.15, 0.2) is 18.6 Å². The Labute approximate surface area is 64.7 Å². The standard InChI is InChI=1S/C8H9N3/c1-6-8-7(10-5-9-6)3-4-11(8)2/h3-5H,1-2H3. The van der Waals surface area contributed by atoms with Gasteiger partial charge in [-0.25, -0.2) is 9.97 Å². The quantitative estimate of drug-likeness (QED) is 0.562. The van der Waals surface area contributed by atoms with Gasteiger partial charge in [0.25, 0.3) is 0 Å². The van der Waals surface area contributed by atoms with E-state index in [1.54, 1.807) is 6.33 Å². The number of aryl methyl sites for hydroxylation is 2. The molecule has 3 nitrogen and oxygen atoms in total. The summed E-state index contributed by atoms with van der Waals surface area (Å²) in [4.78, 5) is 8.24. The number of aromatic nitrogens is 3. The van der Waals surface area contributed by atoms with Gasteiger partial charge in [0.05, 0.1) is 16.7 Å². The van der Waals surface area contributed by atoms with E-state index in [-0.39, 0.29) is 0 Å². The first-order chi connectivity index (χ1) is 5.29. The van der Waals surface area contributed by atoms with Crippen LogP contribution in [0.1, 0.15) is 5.69 Å². The maximum Gasteiger partial charge on any atom is 0.116 e. The zero-order valence-electron chi connectivity index (χ0n) is 6.57. The van der Waals surface area contributed by atoms with Gasteiger partial charge in [0.2, 0.25) is 0 Å². The van der Waals surface area contributed by atoms with E-state index in [2.05, 4.69) is 9.97 Å². The lowest BCUT2D eigenvalue weighted by Gasteiger charge is -1.97. The molecule has 0 bridgehead atoms. The third kappa shape index (κ3) is 0.808. The molecule has 0 saturated heterocycles. The molecule has 2 aromatic heterocycles. The van der Waals surface area contributed by atoms with E-state index >= 15 is 0 Å². The predicted octanol–water partition coefficient (Wildman–Crippen LogP) is 1.28. The molecule has 0 aliphatic carbocycles. The summed E-state index contributed by atoms with van der Waals surface area (Å²) >= 11 is 0. The maximum absolute atomic E-state index is 4.13. The van der Waals surface area contributed by atoms with E-state index in [1.807, 2.05) is 30.8 Å². The van der Waals surface area contributed by atoms with Gasteiger partial charge in [-0.15, -0.1) is 0 Å². The zero-order valence-corrected chi connectivity index (χ0v) is 6.57. The number of hydrogen-bond donors (Lipinski definition) is 0. The molecule has 0 atom stereocenters. The first-order valence-corrected chi connectivity index (χ1v) is 3.51. The first-order valence-electron chi connectivity index (χ1n) is 3.51. The Morgan fingerprint density at radius 3 is 2.91 bits per heavy atom. The summed E-state index contributed by atoms with van der Waals surface area (Å²) in [6, 6.07) is 1.99.